The first-order valence-electron chi connectivity index (χ1n) is 11.9. The first-order valence-corrected chi connectivity index (χ1v) is 13.3. The van der Waals surface area contributed by atoms with Gasteiger partial charge in [0.25, 0.3) is 0 Å². The highest BCUT2D eigenvalue weighted by Gasteiger charge is 2.39. The molecule has 37 heavy (non-hydrogen) atoms. The number of aromatic hydroxyl groups is 1. The standard InChI is InChI=1S/C24H34N4O8S/c1-37-12-10-17(26-21(32)16(25)8-9-20(30)31)23(34)28-11-2-3-19(28)22(33)27-18(24(35)36)13-14-4-6-15(29)7-5-14/h4-7,16-19,29H,2-3,8-13,25H2,1H3,(H,26,32)(H,27,33)(H,30,31)(H,35,36). The van der Waals surface area contributed by atoms with Crippen LogP contribution in [0.25, 0.3) is 0 Å². The molecule has 0 saturated carbocycles. The third-order valence-corrected chi connectivity index (χ3v) is 6.70. The molecule has 1 saturated heterocycles. The quantitative estimate of drug-likeness (QED) is 0.186. The highest BCUT2D eigenvalue weighted by molar-refractivity contribution is 7.98. The van der Waals surface area contributed by atoms with Crippen molar-refractivity contribution in [1.29, 1.82) is 0 Å². The van der Waals surface area contributed by atoms with Gasteiger partial charge in [-0.15, -0.1) is 0 Å². The predicted octanol–water partition coefficient (Wildman–Crippen LogP) is -0.0749. The van der Waals surface area contributed by atoms with Crippen molar-refractivity contribution in [2.75, 3.05) is 18.6 Å². The Morgan fingerprint density at radius 1 is 1.08 bits per heavy atom. The van der Waals surface area contributed by atoms with E-state index in [2.05, 4.69) is 10.6 Å². The van der Waals surface area contributed by atoms with E-state index in [1.165, 1.54) is 28.8 Å². The lowest BCUT2D eigenvalue weighted by molar-refractivity contribution is -0.145. The molecule has 1 aliphatic rings. The van der Waals surface area contributed by atoms with Crippen LogP contribution in [0.3, 0.4) is 0 Å². The number of hydrogen-bond acceptors (Lipinski definition) is 8. The normalized spacial score (nSPS) is 17.5. The number of nitrogens with two attached hydrogens (primary N) is 1. The molecule has 1 aliphatic heterocycles. The van der Waals surface area contributed by atoms with Crippen LogP contribution >= 0.6 is 11.8 Å². The number of phenolic OH excluding ortho intramolecular Hbond substituents is 1. The lowest BCUT2D eigenvalue weighted by atomic mass is 10.0. The van der Waals surface area contributed by atoms with E-state index in [4.69, 9.17) is 10.8 Å². The smallest absolute Gasteiger partial charge is 0.326 e. The maximum absolute atomic E-state index is 13.4. The van der Waals surface area contributed by atoms with Gasteiger partial charge < -0.3 is 36.6 Å². The maximum Gasteiger partial charge on any atom is 0.326 e. The van der Waals surface area contributed by atoms with Crippen LogP contribution < -0.4 is 16.4 Å². The molecule has 1 fully saturated rings. The van der Waals surface area contributed by atoms with Crippen LogP contribution in [0.2, 0.25) is 0 Å². The fraction of sp³-hybridized carbons (Fsp3) is 0.542. The topological polar surface area (TPSA) is 199 Å². The molecular formula is C24H34N4O8S. The van der Waals surface area contributed by atoms with Crippen LogP contribution in [0.1, 0.15) is 37.7 Å². The molecule has 0 spiro atoms. The Bertz CT molecular complexity index is 974. The number of benzene rings is 1. The number of hydrogen-bond donors (Lipinski definition) is 6. The summed E-state index contributed by atoms with van der Waals surface area (Å²) in [6.45, 7) is 0.267. The maximum atomic E-state index is 13.4. The van der Waals surface area contributed by atoms with Crippen LogP contribution in [0.5, 0.6) is 5.75 Å². The summed E-state index contributed by atoms with van der Waals surface area (Å²) in [6.07, 6.45) is 2.60. The van der Waals surface area contributed by atoms with E-state index in [0.717, 1.165) is 0 Å². The molecule has 7 N–H and O–H groups in total. The van der Waals surface area contributed by atoms with Crippen molar-refractivity contribution in [3.05, 3.63) is 29.8 Å². The minimum Gasteiger partial charge on any atom is -0.508 e. The molecule has 13 heteroatoms. The molecule has 204 valence electrons. The molecule has 12 nitrogen and oxygen atoms in total. The number of carbonyl (C=O) groups excluding carboxylic acids is 3. The summed E-state index contributed by atoms with van der Waals surface area (Å²) in [4.78, 5) is 62.9. The van der Waals surface area contributed by atoms with Crippen molar-refractivity contribution < 1.29 is 39.3 Å². The highest BCUT2D eigenvalue weighted by atomic mass is 32.2. The van der Waals surface area contributed by atoms with Crippen molar-refractivity contribution >= 4 is 41.4 Å². The van der Waals surface area contributed by atoms with Crippen LogP contribution in [0, 0.1) is 0 Å². The molecule has 3 amide bonds. The van der Waals surface area contributed by atoms with Gasteiger partial charge in [-0.3, -0.25) is 19.2 Å². The molecule has 1 aromatic rings. The van der Waals surface area contributed by atoms with Crippen molar-refractivity contribution in [2.45, 2.75) is 62.7 Å². The summed E-state index contributed by atoms with van der Waals surface area (Å²) in [5.41, 5.74) is 6.39. The molecule has 0 aromatic heterocycles. The lowest BCUT2D eigenvalue weighted by Gasteiger charge is -2.30. The van der Waals surface area contributed by atoms with E-state index >= 15 is 0 Å². The summed E-state index contributed by atoms with van der Waals surface area (Å²) in [6, 6.07) is 1.75. The van der Waals surface area contributed by atoms with Gasteiger partial charge in [-0.2, -0.15) is 11.8 Å². The van der Waals surface area contributed by atoms with Crippen LogP contribution in [-0.2, 0) is 30.4 Å². The van der Waals surface area contributed by atoms with Gasteiger partial charge in [-0.1, -0.05) is 12.1 Å². The zero-order valence-electron chi connectivity index (χ0n) is 20.6. The van der Waals surface area contributed by atoms with E-state index in [1.807, 2.05) is 6.26 Å². The summed E-state index contributed by atoms with van der Waals surface area (Å²) in [5, 5.41) is 33.0. The molecule has 2 rings (SSSR count). The van der Waals surface area contributed by atoms with Crippen molar-refractivity contribution in [3.8, 4) is 5.75 Å². The number of carboxylic acid groups (broad SMARTS) is 2. The average molecular weight is 539 g/mol. The van der Waals surface area contributed by atoms with Gasteiger partial charge in [0.2, 0.25) is 17.7 Å². The fourth-order valence-electron chi connectivity index (χ4n) is 4.02. The number of nitrogens with zero attached hydrogens (tertiary/aromatic N) is 1. The third kappa shape index (κ3) is 9.25. The molecule has 0 aliphatic carbocycles. The summed E-state index contributed by atoms with van der Waals surface area (Å²) < 4.78 is 0. The highest BCUT2D eigenvalue weighted by Crippen LogP contribution is 2.21. The summed E-state index contributed by atoms with van der Waals surface area (Å²) >= 11 is 1.47. The number of amides is 3. The number of carbonyl (C=O) groups is 5. The van der Waals surface area contributed by atoms with E-state index in [0.29, 0.717) is 24.2 Å². The minimum absolute atomic E-state index is 0.0113. The van der Waals surface area contributed by atoms with Crippen LogP contribution in [0.15, 0.2) is 24.3 Å². The van der Waals surface area contributed by atoms with E-state index in [1.54, 1.807) is 12.1 Å². The molecule has 1 heterocycles. The first kappa shape index (κ1) is 29.9. The second-order valence-electron chi connectivity index (χ2n) is 8.84. The zero-order valence-corrected chi connectivity index (χ0v) is 21.4. The molecular weight excluding hydrogens is 504 g/mol. The van der Waals surface area contributed by atoms with Crippen molar-refractivity contribution in [1.82, 2.24) is 15.5 Å². The van der Waals surface area contributed by atoms with Gasteiger partial charge in [0.15, 0.2) is 0 Å². The van der Waals surface area contributed by atoms with E-state index < -0.39 is 53.8 Å². The number of carboxylic acids is 2. The molecule has 0 bridgehead atoms. The molecule has 1 aromatic carbocycles. The Kier molecular flexibility index (Phi) is 11.7. The molecule has 4 atom stereocenters. The second kappa shape index (κ2) is 14.4. The Hall–Kier alpha value is -3.32. The van der Waals surface area contributed by atoms with Gasteiger partial charge in [-0.05, 0) is 55.4 Å². The number of aliphatic carboxylic acids is 2. The van der Waals surface area contributed by atoms with E-state index in [-0.39, 0.29) is 38.0 Å². The Labute approximate surface area is 219 Å². The van der Waals surface area contributed by atoms with Crippen molar-refractivity contribution in [3.63, 3.8) is 0 Å². The second-order valence-corrected chi connectivity index (χ2v) is 9.83. The van der Waals surface area contributed by atoms with Gasteiger partial charge in [0.1, 0.15) is 23.9 Å². The van der Waals surface area contributed by atoms with Crippen LogP contribution in [-0.4, -0.2) is 92.6 Å². The van der Waals surface area contributed by atoms with Gasteiger partial charge in [0.05, 0.1) is 6.04 Å². The van der Waals surface area contributed by atoms with Gasteiger partial charge >= 0.3 is 11.9 Å². The largest absolute Gasteiger partial charge is 0.508 e. The SMILES string of the molecule is CSCCC(NC(=O)C(N)CCC(=O)O)C(=O)N1CCCC1C(=O)NC(Cc1ccc(O)cc1)C(=O)O. The Morgan fingerprint density at radius 2 is 1.76 bits per heavy atom. The third-order valence-electron chi connectivity index (χ3n) is 6.06. The fourth-order valence-corrected chi connectivity index (χ4v) is 4.49. The number of nitrogens with one attached hydrogen (secondary N) is 2. The average Bonchev–Trinajstić information content (AvgIpc) is 3.35. The first-order chi connectivity index (χ1) is 17.5. The summed E-state index contributed by atoms with van der Waals surface area (Å²) in [5.74, 6) is -3.49. The molecule has 0 radical (unpaired) electrons. The monoisotopic (exact) mass is 538 g/mol. The van der Waals surface area contributed by atoms with E-state index in [9.17, 15) is 34.2 Å². The van der Waals surface area contributed by atoms with Crippen molar-refractivity contribution in [2.24, 2.45) is 5.73 Å². The minimum atomic E-state index is -1.24. The van der Waals surface area contributed by atoms with Gasteiger partial charge in [-0.25, -0.2) is 4.79 Å². The number of likely N-dealkylation sites (tertiary alicyclic amines) is 1. The number of thioether (sulfide) groups is 1. The Balaban J connectivity index is 2.09. The van der Waals surface area contributed by atoms with Crippen LogP contribution in [0.4, 0.5) is 0 Å². The number of phenols is 1. The number of rotatable bonds is 14. The van der Waals surface area contributed by atoms with Gasteiger partial charge in [0, 0.05) is 19.4 Å². The Morgan fingerprint density at radius 3 is 2.35 bits per heavy atom. The molecule has 4 unspecified atom stereocenters. The predicted molar refractivity (Wildman–Crippen MR) is 136 cm³/mol. The summed E-state index contributed by atoms with van der Waals surface area (Å²) in [7, 11) is 0. The lowest BCUT2D eigenvalue weighted by Crippen LogP contribution is -2.57. The zero-order chi connectivity index (χ0) is 27.5.